The first-order valence-corrected chi connectivity index (χ1v) is 6.15. The summed E-state index contributed by atoms with van der Waals surface area (Å²) in [6.45, 7) is 13.1. The molecule has 0 heterocycles. The predicted octanol–water partition coefficient (Wildman–Crippen LogP) is 3.78. The number of thioether (sulfide) groups is 1. The Labute approximate surface area is 87.4 Å². The van der Waals surface area contributed by atoms with Gasteiger partial charge in [-0.15, -0.1) is 0 Å². The number of nitrogens with zero attached hydrogens (tertiary/aromatic N) is 1. The Balaban J connectivity index is 4.30. The summed E-state index contributed by atoms with van der Waals surface area (Å²) in [5.74, 6) is 1.17. The van der Waals surface area contributed by atoms with Gasteiger partial charge in [0, 0.05) is 11.0 Å². The maximum absolute atomic E-state index is 4.74. The lowest BCUT2D eigenvalue weighted by Gasteiger charge is -2.20. The lowest BCUT2D eigenvalue weighted by molar-refractivity contribution is 0.504. The highest BCUT2D eigenvalue weighted by Crippen LogP contribution is 2.18. The Morgan fingerprint density at radius 2 is 1.92 bits per heavy atom. The summed E-state index contributed by atoms with van der Waals surface area (Å²) in [5.41, 5.74) is 1.39. The van der Waals surface area contributed by atoms with Gasteiger partial charge in [0.2, 0.25) is 0 Å². The SMILES string of the molecule is CCSC(C)/C(C)=N\C(C)(C)CC. The van der Waals surface area contributed by atoms with Crippen molar-refractivity contribution < 1.29 is 0 Å². The molecule has 0 bridgehead atoms. The first-order valence-electron chi connectivity index (χ1n) is 5.11. The van der Waals surface area contributed by atoms with Crippen molar-refractivity contribution in [1.29, 1.82) is 0 Å². The van der Waals surface area contributed by atoms with Gasteiger partial charge in [0.15, 0.2) is 0 Å². The highest BCUT2D eigenvalue weighted by Gasteiger charge is 2.15. The van der Waals surface area contributed by atoms with Gasteiger partial charge in [-0.05, 0) is 39.9 Å². The monoisotopic (exact) mass is 201 g/mol. The van der Waals surface area contributed by atoms with Crippen molar-refractivity contribution in [3.63, 3.8) is 0 Å². The second-order valence-corrected chi connectivity index (χ2v) is 5.63. The molecule has 0 aromatic carbocycles. The molecule has 0 aromatic heterocycles. The molecule has 1 unspecified atom stereocenters. The maximum Gasteiger partial charge on any atom is 0.0549 e. The van der Waals surface area contributed by atoms with Crippen molar-refractivity contribution >= 4 is 17.5 Å². The molecule has 0 saturated carbocycles. The van der Waals surface area contributed by atoms with E-state index in [1.54, 1.807) is 0 Å². The van der Waals surface area contributed by atoms with Crippen LogP contribution in [0.5, 0.6) is 0 Å². The minimum Gasteiger partial charge on any atom is -0.287 e. The van der Waals surface area contributed by atoms with Gasteiger partial charge in [-0.25, -0.2) is 0 Å². The quantitative estimate of drug-likeness (QED) is 0.617. The van der Waals surface area contributed by atoms with Crippen molar-refractivity contribution in [2.45, 2.75) is 58.8 Å². The van der Waals surface area contributed by atoms with E-state index in [0.717, 1.165) is 6.42 Å². The minimum absolute atomic E-state index is 0.118. The Hall–Kier alpha value is 0.0200. The number of hydrogen-bond donors (Lipinski definition) is 0. The molecule has 0 saturated heterocycles. The molecular formula is C11H23NS. The first kappa shape index (κ1) is 13.0. The van der Waals surface area contributed by atoms with E-state index in [4.69, 9.17) is 4.99 Å². The Bertz CT molecular complexity index is 173. The van der Waals surface area contributed by atoms with Crippen LogP contribution in [0.15, 0.2) is 4.99 Å². The molecule has 0 N–H and O–H groups in total. The van der Waals surface area contributed by atoms with Crippen molar-refractivity contribution in [1.82, 2.24) is 0 Å². The molecule has 0 aliphatic rings. The molecule has 0 aliphatic carbocycles. The fourth-order valence-electron chi connectivity index (χ4n) is 1.02. The molecule has 78 valence electrons. The molecule has 0 aromatic rings. The van der Waals surface area contributed by atoms with Crippen LogP contribution in [0.2, 0.25) is 0 Å². The Morgan fingerprint density at radius 3 is 2.31 bits per heavy atom. The molecular weight excluding hydrogens is 178 g/mol. The summed E-state index contributed by atoms with van der Waals surface area (Å²) in [4.78, 5) is 4.74. The fraction of sp³-hybridized carbons (Fsp3) is 0.909. The standard InChI is InChI=1S/C11H23NS/c1-7-11(5,6)12-9(3)10(4)13-8-2/h10H,7-8H2,1-6H3/b12-9-. The van der Waals surface area contributed by atoms with Crippen LogP contribution in [0.1, 0.15) is 48.0 Å². The van der Waals surface area contributed by atoms with E-state index in [9.17, 15) is 0 Å². The van der Waals surface area contributed by atoms with Crippen LogP contribution in [0, 0.1) is 0 Å². The number of rotatable bonds is 5. The maximum atomic E-state index is 4.74. The minimum atomic E-state index is 0.118. The van der Waals surface area contributed by atoms with Crippen molar-refractivity contribution in [2.75, 3.05) is 5.75 Å². The number of aliphatic imine (C=N–C) groups is 1. The van der Waals surface area contributed by atoms with E-state index in [-0.39, 0.29) is 5.54 Å². The molecule has 0 spiro atoms. The number of hydrogen-bond acceptors (Lipinski definition) is 2. The van der Waals surface area contributed by atoms with E-state index < -0.39 is 0 Å². The van der Waals surface area contributed by atoms with Crippen LogP contribution >= 0.6 is 11.8 Å². The lowest BCUT2D eigenvalue weighted by atomic mass is 10.0. The summed E-state index contributed by atoms with van der Waals surface area (Å²) in [6, 6.07) is 0. The van der Waals surface area contributed by atoms with Gasteiger partial charge >= 0.3 is 0 Å². The second kappa shape index (κ2) is 5.69. The van der Waals surface area contributed by atoms with Crippen LogP contribution in [-0.2, 0) is 0 Å². The Morgan fingerprint density at radius 1 is 1.38 bits per heavy atom. The van der Waals surface area contributed by atoms with Gasteiger partial charge in [0.05, 0.1) is 5.54 Å². The molecule has 2 heteroatoms. The Kier molecular flexibility index (Phi) is 5.70. The van der Waals surface area contributed by atoms with Gasteiger partial charge in [-0.3, -0.25) is 4.99 Å². The lowest BCUT2D eigenvalue weighted by Crippen LogP contribution is -2.21. The van der Waals surface area contributed by atoms with Crippen LogP contribution in [0.3, 0.4) is 0 Å². The summed E-state index contributed by atoms with van der Waals surface area (Å²) < 4.78 is 0. The van der Waals surface area contributed by atoms with E-state index in [0.29, 0.717) is 5.25 Å². The third kappa shape index (κ3) is 5.35. The van der Waals surface area contributed by atoms with Gasteiger partial charge in [0.1, 0.15) is 0 Å². The summed E-state index contributed by atoms with van der Waals surface area (Å²) in [6.07, 6.45) is 1.11. The predicted molar refractivity (Wildman–Crippen MR) is 65.1 cm³/mol. The normalized spacial score (nSPS) is 16.0. The van der Waals surface area contributed by atoms with Crippen LogP contribution in [0.25, 0.3) is 0 Å². The van der Waals surface area contributed by atoms with E-state index in [2.05, 4.69) is 41.5 Å². The fourth-order valence-corrected chi connectivity index (χ4v) is 1.81. The van der Waals surface area contributed by atoms with Crippen LogP contribution in [0.4, 0.5) is 0 Å². The van der Waals surface area contributed by atoms with Crippen molar-refractivity contribution in [3.05, 3.63) is 0 Å². The third-order valence-corrected chi connectivity index (χ3v) is 3.52. The molecule has 13 heavy (non-hydrogen) atoms. The second-order valence-electron chi connectivity index (χ2n) is 4.02. The van der Waals surface area contributed by atoms with Gasteiger partial charge in [-0.2, -0.15) is 11.8 Å². The topological polar surface area (TPSA) is 12.4 Å². The van der Waals surface area contributed by atoms with E-state index >= 15 is 0 Å². The molecule has 0 amide bonds. The zero-order chi connectivity index (χ0) is 10.5. The van der Waals surface area contributed by atoms with E-state index in [1.165, 1.54) is 11.5 Å². The molecule has 0 rings (SSSR count). The van der Waals surface area contributed by atoms with Gasteiger partial charge < -0.3 is 0 Å². The summed E-state index contributed by atoms with van der Waals surface area (Å²) in [5, 5.41) is 0.566. The van der Waals surface area contributed by atoms with E-state index in [1.807, 2.05) is 11.8 Å². The zero-order valence-electron chi connectivity index (χ0n) is 9.85. The molecule has 0 radical (unpaired) electrons. The molecule has 0 fully saturated rings. The average molecular weight is 201 g/mol. The highest BCUT2D eigenvalue weighted by atomic mass is 32.2. The smallest absolute Gasteiger partial charge is 0.0549 e. The first-order chi connectivity index (χ1) is 5.93. The van der Waals surface area contributed by atoms with Crippen LogP contribution in [-0.4, -0.2) is 22.3 Å². The summed E-state index contributed by atoms with van der Waals surface area (Å²) >= 11 is 1.96. The van der Waals surface area contributed by atoms with Crippen molar-refractivity contribution in [3.8, 4) is 0 Å². The highest BCUT2D eigenvalue weighted by molar-refractivity contribution is 8.00. The third-order valence-electron chi connectivity index (χ3n) is 2.35. The van der Waals surface area contributed by atoms with Crippen LogP contribution < -0.4 is 0 Å². The largest absolute Gasteiger partial charge is 0.287 e. The summed E-state index contributed by atoms with van der Waals surface area (Å²) in [7, 11) is 0. The van der Waals surface area contributed by atoms with Gasteiger partial charge in [-0.1, -0.05) is 13.8 Å². The zero-order valence-corrected chi connectivity index (χ0v) is 10.7. The van der Waals surface area contributed by atoms with Crippen molar-refractivity contribution in [2.24, 2.45) is 4.99 Å². The molecule has 1 nitrogen and oxygen atoms in total. The average Bonchev–Trinajstić information content (AvgIpc) is 2.04. The van der Waals surface area contributed by atoms with Gasteiger partial charge in [0.25, 0.3) is 0 Å². The molecule has 1 atom stereocenters. The molecule has 0 aliphatic heterocycles.